The number of anilines is 1. The number of ether oxygens (including phenoxy) is 1. The molecule has 0 aromatic heterocycles. The second kappa shape index (κ2) is 5.90. The number of nitrogens with one attached hydrogen (secondary N) is 2. The number of hydrogen-bond donors (Lipinski definition) is 3. The van der Waals surface area contributed by atoms with Gasteiger partial charge in [0.1, 0.15) is 5.75 Å². The van der Waals surface area contributed by atoms with Gasteiger partial charge in [-0.25, -0.2) is 9.59 Å². The van der Waals surface area contributed by atoms with Crippen LogP contribution in [-0.4, -0.2) is 35.9 Å². The first kappa shape index (κ1) is 16.6. The lowest BCUT2D eigenvalue weighted by atomic mass is 10.0. The average molecular weight is 306 g/mol. The fourth-order valence-electron chi connectivity index (χ4n) is 1.37. The van der Waals surface area contributed by atoms with Crippen molar-refractivity contribution in [1.29, 1.82) is 0 Å². The van der Waals surface area contributed by atoms with E-state index in [2.05, 4.69) is 5.32 Å². The van der Waals surface area contributed by atoms with Gasteiger partial charge in [-0.2, -0.15) is 13.2 Å². The molecule has 1 atom stereocenters. The molecule has 1 aromatic carbocycles. The molecule has 0 saturated carbocycles. The third-order valence-electron chi connectivity index (χ3n) is 2.71. The van der Waals surface area contributed by atoms with Gasteiger partial charge in [0.15, 0.2) is 0 Å². The van der Waals surface area contributed by atoms with E-state index >= 15 is 0 Å². The molecule has 0 heterocycles. The maximum atomic E-state index is 12.8. The normalized spacial score (nSPS) is 14.0. The zero-order valence-electron chi connectivity index (χ0n) is 11.1. The maximum Gasteiger partial charge on any atom is 0.422 e. The fraction of sp³-hybridized carbons (Fsp3) is 0.333. The number of carbonyl (C=O) groups is 2. The van der Waals surface area contributed by atoms with Crippen LogP contribution in [0.2, 0.25) is 0 Å². The molecule has 21 heavy (non-hydrogen) atoms. The third kappa shape index (κ3) is 3.56. The number of rotatable bonds is 4. The summed E-state index contributed by atoms with van der Waals surface area (Å²) in [6, 6.07) is 4.68. The molecule has 0 aliphatic heterocycles. The van der Waals surface area contributed by atoms with E-state index in [-0.39, 0.29) is 11.4 Å². The second-order valence-electron chi connectivity index (χ2n) is 4.21. The van der Waals surface area contributed by atoms with Crippen LogP contribution in [0.3, 0.4) is 0 Å². The van der Waals surface area contributed by atoms with E-state index in [0.29, 0.717) is 6.92 Å². The summed E-state index contributed by atoms with van der Waals surface area (Å²) in [6.07, 6.45) is -5.16. The summed E-state index contributed by atoms with van der Waals surface area (Å²) in [7, 11) is 1.31. The average Bonchev–Trinajstić information content (AvgIpc) is 2.37. The van der Waals surface area contributed by atoms with Gasteiger partial charge in [0.25, 0.3) is 0 Å². The van der Waals surface area contributed by atoms with Gasteiger partial charge in [-0.05, 0) is 19.1 Å². The minimum absolute atomic E-state index is 0.104. The minimum Gasteiger partial charge on any atom is -0.495 e. The molecule has 0 fully saturated rings. The van der Waals surface area contributed by atoms with Crippen molar-refractivity contribution in [2.45, 2.75) is 18.6 Å². The molecule has 0 aliphatic carbocycles. The smallest absolute Gasteiger partial charge is 0.422 e. The van der Waals surface area contributed by atoms with E-state index < -0.39 is 23.7 Å². The second-order valence-corrected chi connectivity index (χ2v) is 4.21. The quantitative estimate of drug-likeness (QED) is 0.796. The molecule has 0 saturated heterocycles. The van der Waals surface area contributed by atoms with E-state index in [9.17, 15) is 22.8 Å². The zero-order chi connectivity index (χ0) is 16.3. The molecule has 1 unspecified atom stereocenters. The molecular formula is C12H13F3N2O4. The van der Waals surface area contributed by atoms with Gasteiger partial charge in [0.2, 0.25) is 5.54 Å². The van der Waals surface area contributed by atoms with Gasteiger partial charge >= 0.3 is 18.2 Å². The van der Waals surface area contributed by atoms with Crippen molar-refractivity contribution in [3.8, 4) is 5.75 Å². The summed E-state index contributed by atoms with van der Waals surface area (Å²) >= 11 is 0. The highest BCUT2D eigenvalue weighted by molar-refractivity contribution is 5.95. The Morgan fingerprint density at radius 3 is 2.29 bits per heavy atom. The molecule has 9 heteroatoms. The Bertz CT molecular complexity index is 548. The van der Waals surface area contributed by atoms with Gasteiger partial charge in [-0.3, -0.25) is 0 Å². The van der Waals surface area contributed by atoms with Crippen LogP contribution in [0.5, 0.6) is 5.75 Å². The number of carboxylic acids is 1. The van der Waals surface area contributed by atoms with E-state index in [1.807, 2.05) is 0 Å². The van der Waals surface area contributed by atoms with Crippen LogP contribution in [0.25, 0.3) is 0 Å². The molecule has 0 aliphatic rings. The molecule has 116 valence electrons. The molecule has 0 spiro atoms. The number of carbonyl (C=O) groups excluding carboxylic acids is 1. The Morgan fingerprint density at radius 2 is 1.81 bits per heavy atom. The van der Waals surface area contributed by atoms with Crippen molar-refractivity contribution >= 4 is 17.7 Å². The van der Waals surface area contributed by atoms with E-state index in [4.69, 9.17) is 9.84 Å². The van der Waals surface area contributed by atoms with Gasteiger partial charge in [0.05, 0.1) is 12.8 Å². The predicted molar refractivity (Wildman–Crippen MR) is 67.2 cm³/mol. The first-order valence-corrected chi connectivity index (χ1v) is 5.64. The van der Waals surface area contributed by atoms with Crippen LogP contribution in [0.15, 0.2) is 24.3 Å². The molecule has 6 nitrogen and oxygen atoms in total. The first-order chi connectivity index (χ1) is 9.61. The number of amides is 2. The van der Waals surface area contributed by atoms with Crippen LogP contribution in [-0.2, 0) is 4.79 Å². The summed E-state index contributed by atoms with van der Waals surface area (Å²) in [6.45, 7) is 0.358. The number of halogens is 3. The highest BCUT2D eigenvalue weighted by Crippen LogP contribution is 2.31. The number of urea groups is 1. The molecular weight excluding hydrogens is 293 g/mol. The van der Waals surface area contributed by atoms with Gasteiger partial charge in [-0.15, -0.1) is 0 Å². The van der Waals surface area contributed by atoms with Crippen LogP contribution in [0, 0.1) is 0 Å². The van der Waals surface area contributed by atoms with Crippen molar-refractivity contribution in [3.05, 3.63) is 24.3 Å². The lowest BCUT2D eigenvalue weighted by molar-refractivity contribution is -0.203. The predicted octanol–water partition coefficient (Wildman–Crippen LogP) is 2.22. The Hall–Kier alpha value is -2.45. The van der Waals surface area contributed by atoms with Crippen LogP contribution >= 0.6 is 0 Å². The molecule has 0 bridgehead atoms. The molecule has 1 rings (SSSR count). The van der Waals surface area contributed by atoms with Gasteiger partial charge in [-0.1, -0.05) is 12.1 Å². The number of alkyl halides is 3. The highest BCUT2D eigenvalue weighted by atomic mass is 19.4. The number of hydrogen-bond acceptors (Lipinski definition) is 3. The van der Waals surface area contributed by atoms with Crippen molar-refractivity contribution in [1.82, 2.24) is 5.32 Å². The minimum atomic E-state index is -5.16. The fourth-order valence-corrected chi connectivity index (χ4v) is 1.37. The van der Waals surface area contributed by atoms with Crippen molar-refractivity contribution in [2.75, 3.05) is 12.4 Å². The first-order valence-electron chi connectivity index (χ1n) is 5.64. The summed E-state index contributed by atoms with van der Waals surface area (Å²) < 4.78 is 43.2. The topological polar surface area (TPSA) is 87.7 Å². The number of carboxylic acid groups (broad SMARTS) is 1. The monoisotopic (exact) mass is 306 g/mol. The molecule has 2 amide bonds. The van der Waals surface area contributed by atoms with Crippen molar-refractivity contribution in [2.24, 2.45) is 0 Å². The lowest BCUT2D eigenvalue weighted by Gasteiger charge is -2.28. The standard InChI is InChI=1S/C12H13F3N2O4/c1-11(9(18)19,12(13,14)15)17-10(20)16-7-5-3-4-6-8(7)21-2/h3-6H,1-2H3,(H,18,19)(H2,16,17,20). The summed E-state index contributed by atoms with van der Waals surface area (Å²) in [5.41, 5.74) is -3.30. The Kier molecular flexibility index (Phi) is 4.66. The highest BCUT2D eigenvalue weighted by Gasteiger charge is 2.58. The number of methoxy groups -OCH3 is 1. The van der Waals surface area contributed by atoms with E-state index in [1.165, 1.54) is 30.6 Å². The Morgan fingerprint density at radius 1 is 1.24 bits per heavy atom. The Balaban J connectivity index is 2.92. The number of benzene rings is 1. The SMILES string of the molecule is COc1ccccc1NC(=O)NC(C)(C(=O)O)C(F)(F)F. The van der Waals surface area contributed by atoms with E-state index in [0.717, 1.165) is 0 Å². The lowest BCUT2D eigenvalue weighted by Crippen LogP contribution is -2.62. The van der Waals surface area contributed by atoms with Crippen LogP contribution in [0.1, 0.15) is 6.92 Å². The Labute approximate surface area is 117 Å². The van der Waals surface area contributed by atoms with Crippen molar-refractivity contribution < 1.29 is 32.6 Å². The largest absolute Gasteiger partial charge is 0.495 e. The summed E-state index contributed by atoms with van der Waals surface area (Å²) in [5, 5.41) is 12.2. The van der Waals surface area contributed by atoms with Crippen LogP contribution in [0.4, 0.5) is 23.7 Å². The number of para-hydroxylation sites is 2. The molecule has 0 radical (unpaired) electrons. The third-order valence-corrected chi connectivity index (χ3v) is 2.71. The zero-order valence-corrected chi connectivity index (χ0v) is 11.1. The summed E-state index contributed by atoms with van der Waals surface area (Å²) in [4.78, 5) is 22.4. The molecule has 1 aromatic rings. The van der Waals surface area contributed by atoms with E-state index in [1.54, 1.807) is 6.07 Å². The number of aliphatic carboxylic acids is 1. The summed E-state index contributed by atoms with van der Waals surface area (Å²) in [5.74, 6) is -2.00. The van der Waals surface area contributed by atoms with Crippen molar-refractivity contribution in [3.63, 3.8) is 0 Å². The van der Waals surface area contributed by atoms with Gasteiger partial charge < -0.3 is 20.5 Å². The maximum absolute atomic E-state index is 12.8. The van der Waals surface area contributed by atoms with Gasteiger partial charge in [0, 0.05) is 0 Å². The molecule has 3 N–H and O–H groups in total. The van der Waals surface area contributed by atoms with Crippen LogP contribution < -0.4 is 15.4 Å².